The first-order valence-electron chi connectivity index (χ1n) is 9.54. The van der Waals surface area contributed by atoms with E-state index in [1.807, 2.05) is 6.92 Å². The monoisotopic (exact) mass is 437 g/mol. The van der Waals surface area contributed by atoms with Crippen molar-refractivity contribution < 1.29 is 13.2 Å². The van der Waals surface area contributed by atoms with Crippen LogP contribution in [0.4, 0.5) is 5.69 Å². The molecule has 0 bridgehead atoms. The van der Waals surface area contributed by atoms with Crippen LogP contribution in [0, 0.1) is 6.92 Å². The molecule has 0 saturated carbocycles. The average Bonchev–Trinajstić information content (AvgIpc) is 2.96. The van der Waals surface area contributed by atoms with E-state index in [0.29, 0.717) is 23.8 Å². The van der Waals surface area contributed by atoms with Crippen LogP contribution in [0.25, 0.3) is 0 Å². The highest BCUT2D eigenvalue weighted by molar-refractivity contribution is 7.89. The predicted molar refractivity (Wildman–Crippen MR) is 113 cm³/mol. The van der Waals surface area contributed by atoms with Crippen LogP contribution < -0.4 is 10.9 Å². The molecule has 1 amide bonds. The molecule has 1 aromatic heterocycles. The largest absolute Gasteiger partial charge is 0.324 e. The molecule has 156 valence electrons. The van der Waals surface area contributed by atoms with Crippen LogP contribution in [0.2, 0.25) is 5.02 Å². The highest BCUT2D eigenvalue weighted by atomic mass is 35.5. The van der Waals surface area contributed by atoms with Gasteiger partial charge in [-0.3, -0.25) is 9.59 Å². The number of sulfonamides is 1. The second-order valence-electron chi connectivity index (χ2n) is 7.14. The summed E-state index contributed by atoms with van der Waals surface area (Å²) in [5, 5.41) is 3.19. The Bertz CT molecular complexity index is 1060. The number of benzene rings is 1. The van der Waals surface area contributed by atoms with Gasteiger partial charge in [0.15, 0.2) is 0 Å². The first-order valence-corrected chi connectivity index (χ1v) is 11.4. The van der Waals surface area contributed by atoms with E-state index in [1.54, 1.807) is 18.2 Å². The molecular formula is C20H24ClN3O4S. The maximum atomic E-state index is 13.0. The SMILES string of the molecule is Cc1ccc(NC(=O)Cn2cccc(S(=O)(=O)N3CCCCCC3)c2=O)cc1Cl. The van der Waals surface area contributed by atoms with Gasteiger partial charge in [0.05, 0.1) is 0 Å². The number of pyridine rings is 1. The van der Waals surface area contributed by atoms with Crippen molar-refractivity contribution in [2.75, 3.05) is 18.4 Å². The Morgan fingerprint density at radius 1 is 1.14 bits per heavy atom. The van der Waals surface area contributed by atoms with E-state index in [4.69, 9.17) is 11.6 Å². The van der Waals surface area contributed by atoms with Gasteiger partial charge in [0.2, 0.25) is 15.9 Å². The van der Waals surface area contributed by atoms with Gasteiger partial charge < -0.3 is 9.88 Å². The summed E-state index contributed by atoms with van der Waals surface area (Å²) in [6, 6.07) is 7.89. The topological polar surface area (TPSA) is 88.5 Å². The minimum Gasteiger partial charge on any atom is -0.324 e. The number of halogens is 1. The Balaban J connectivity index is 1.80. The Morgan fingerprint density at radius 3 is 2.48 bits per heavy atom. The van der Waals surface area contributed by atoms with Crippen molar-refractivity contribution in [3.05, 3.63) is 57.5 Å². The van der Waals surface area contributed by atoms with Gasteiger partial charge in [-0.25, -0.2) is 8.42 Å². The number of nitrogens with zero attached hydrogens (tertiary/aromatic N) is 2. The number of hydrogen-bond acceptors (Lipinski definition) is 4. The lowest BCUT2D eigenvalue weighted by molar-refractivity contribution is -0.116. The number of nitrogens with one attached hydrogen (secondary N) is 1. The minimum absolute atomic E-state index is 0.298. The molecule has 7 nitrogen and oxygen atoms in total. The van der Waals surface area contributed by atoms with Gasteiger partial charge in [0, 0.05) is 30.0 Å². The summed E-state index contributed by atoms with van der Waals surface area (Å²) in [6.07, 6.45) is 4.93. The van der Waals surface area contributed by atoms with Crippen molar-refractivity contribution in [3.8, 4) is 0 Å². The predicted octanol–water partition coefficient (Wildman–Crippen LogP) is 3.01. The molecule has 0 atom stereocenters. The molecule has 2 aromatic rings. The Hall–Kier alpha value is -2.16. The molecule has 1 aliphatic heterocycles. The van der Waals surface area contributed by atoms with Crippen molar-refractivity contribution in [2.24, 2.45) is 0 Å². The normalized spacial score (nSPS) is 15.7. The Morgan fingerprint density at radius 2 is 1.83 bits per heavy atom. The van der Waals surface area contributed by atoms with E-state index < -0.39 is 21.5 Å². The van der Waals surface area contributed by atoms with Gasteiger partial charge in [-0.2, -0.15) is 4.31 Å². The van der Waals surface area contributed by atoms with Crippen LogP contribution >= 0.6 is 11.6 Å². The maximum absolute atomic E-state index is 13.0. The highest BCUT2D eigenvalue weighted by Gasteiger charge is 2.28. The molecule has 1 saturated heterocycles. The molecule has 1 aromatic carbocycles. The lowest BCUT2D eigenvalue weighted by atomic mass is 10.2. The van der Waals surface area contributed by atoms with E-state index in [0.717, 1.165) is 35.8 Å². The lowest BCUT2D eigenvalue weighted by Crippen LogP contribution is -2.37. The molecule has 2 heterocycles. The van der Waals surface area contributed by atoms with E-state index in [-0.39, 0.29) is 11.4 Å². The number of aromatic nitrogens is 1. The van der Waals surface area contributed by atoms with Crippen LogP contribution in [-0.4, -0.2) is 36.3 Å². The van der Waals surface area contributed by atoms with E-state index in [2.05, 4.69) is 5.32 Å². The molecule has 0 radical (unpaired) electrons. The first kappa shape index (κ1) is 21.5. The number of aryl methyl sites for hydroxylation is 1. The quantitative estimate of drug-likeness (QED) is 0.778. The number of carbonyl (C=O) groups is 1. The second kappa shape index (κ2) is 9.11. The summed E-state index contributed by atoms with van der Waals surface area (Å²) in [4.78, 5) is 24.9. The minimum atomic E-state index is -3.89. The number of anilines is 1. The van der Waals surface area contributed by atoms with Crippen LogP contribution in [0.3, 0.4) is 0 Å². The maximum Gasteiger partial charge on any atom is 0.271 e. The third-order valence-corrected chi connectivity index (χ3v) is 7.26. The summed E-state index contributed by atoms with van der Waals surface area (Å²) < 4.78 is 28.4. The third-order valence-electron chi connectivity index (χ3n) is 4.94. The fraction of sp³-hybridized carbons (Fsp3) is 0.400. The van der Waals surface area contributed by atoms with Crippen LogP contribution in [-0.2, 0) is 21.4 Å². The fourth-order valence-corrected chi connectivity index (χ4v) is 5.07. The summed E-state index contributed by atoms with van der Waals surface area (Å²) in [5.41, 5.74) is 0.688. The zero-order valence-corrected chi connectivity index (χ0v) is 17.8. The standard InChI is InChI=1S/C20H24ClN3O4S/c1-15-8-9-16(13-17(15)21)22-19(25)14-23-10-6-7-18(20(23)26)29(27,28)24-11-4-2-3-5-12-24/h6-10,13H,2-5,11-12,14H2,1H3,(H,22,25). The van der Waals surface area contributed by atoms with Gasteiger partial charge in [-0.05, 0) is 49.6 Å². The lowest BCUT2D eigenvalue weighted by Gasteiger charge is -2.20. The third kappa shape index (κ3) is 5.07. The molecule has 3 rings (SSSR count). The highest BCUT2D eigenvalue weighted by Crippen LogP contribution is 2.20. The number of hydrogen-bond donors (Lipinski definition) is 1. The fourth-order valence-electron chi connectivity index (χ4n) is 3.28. The summed E-state index contributed by atoms with van der Waals surface area (Å²) in [7, 11) is -3.89. The van der Waals surface area contributed by atoms with Crippen molar-refractivity contribution in [1.82, 2.24) is 8.87 Å². The molecule has 0 aliphatic carbocycles. The number of amides is 1. The van der Waals surface area contributed by atoms with Gasteiger partial charge >= 0.3 is 0 Å². The summed E-state index contributed by atoms with van der Waals surface area (Å²) in [5.74, 6) is -0.448. The molecule has 1 aliphatic rings. The van der Waals surface area contributed by atoms with Gasteiger partial charge in [0.1, 0.15) is 11.4 Å². The Labute approximate surface area is 175 Å². The van der Waals surface area contributed by atoms with Crippen molar-refractivity contribution in [2.45, 2.75) is 44.0 Å². The second-order valence-corrected chi connectivity index (χ2v) is 9.45. The van der Waals surface area contributed by atoms with Crippen LogP contribution in [0.5, 0.6) is 0 Å². The molecule has 0 unspecified atom stereocenters. The number of carbonyl (C=O) groups excluding carboxylic acids is 1. The zero-order chi connectivity index (χ0) is 21.0. The van der Waals surface area contributed by atoms with Crippen molar-refractivity contribution in [1.29, 1.82) is 0 Å². The zero-order valence-electron chi connectivity index (χ0n) is 16.2. The van der Waals surface area contributed by atoms with E-state index in [1.165, 1.54) is 22.6 Å². The molecular weight excluding hydrogens is 414 g/mol. The van der Waals surface area contributed by atoms with Gasteiger partial charge in [-0.1, -0.05) is 30.5 Å². The summed E-state index contributed by atoms with van der Waals surface area (Å²) in [6.45, 7) is 2.37. The molecule has 1 N–H and O–H groups in total. The van der Waals surface area contributed by atoms with Crippen molar-refractivity contribution >= 4 is 33.2 Å². The Kier molecular flexibility index (Phi) is 6.77. The molecule has 29 heavy (non-hydrogen) atoms. The summed E-state index contributed by atoms with van der Waals surface area (Å²) >= 11 is 6.06. The van der Waals surface area contributed by atoms with Gasteiger partial charge in [0.25, 0.3) is 5.56 Å². The van der Waals surface area contributed by atoms with E-state index >= 15 is 0 Å². The first-order chi connectivity index (χ1) is 13.8. The van der Waals surface area contributed by atoms with Gasteiger partial charge in [-0.15, -0.1) is 0 Å². The average molecular weight is 438 g/mol. The molecule has 0 spiro atoms. The van der Waals surface area contributed by atoms with Crippen LogP contribution in [0.15, 0.2) is 46.2 Å². The van der Waals surface area contributed by atoms with Crippen LogP contribution in [0.1, 0.15) is 31.2 Å². The molecule has 1 fully saturated rings. The number of rotatable bonds is 5. The smallest absolute Gasteiger partial charge is 0.271 e. The molecule has 9 heteroatoms. The van der Waals surface area contributed by atoms with Crippen molar-refractivity contribution in [3.63, 3.8) is 0 Å². The van der Waals surface area contributed by atoms with E-state index in [9.17, 15) is 18.0 Å².